The Morgan fingerprint density at radius 3 is 2.12 bits per heavy atom. The third kappa shape index (κ3) is 5.01. The average molecular weight is 328 g/mol. The van der Waals surface area contributed by atoms with Gasteiger partial charge in [-0.05, 0) is 48.4 Å². The molecule has 0 heterocycles. The topological polar surface area (TPSA) is 76.7 Å². The van der Waals surface area contributed by atoms with Crippen molar-refractivity contribution < 1.29 is 19.1 Å². The van der Waals surface area contributed by atoms with Gasteiger partial charge in [-0.3, -0.25) is 20.4 Å². The molecule has 0 radical (unpaired) electrons. The summed E-state index contributed by atoms with van der Waals surface area (Å²) >= 11 is 0. The third-order valence-electron chi connectivity index (χ3n) is 3.37. The number of ether oxygens (including phenoxy) is 2. The summed E-state index contributed by atoms with van der Waals surface area (Å²) in [5, 5.41) is 0. The van der Waals surface area contributed by atoms with Gasteiger partial charge in [0.15, 0.2) is 6.61 Å². The molecule has 24 heavy (non-hydrogen) atoms. The lowest BCUT2D eigenvalue weighted by molar-refractivity contribution is -0.123. The highest BCUT2D eigenvalue weighted by atomic mass is 16.5. The molecule has 126 valence electrons. The monoisotopic (exact) mass is 328 g/mol. The van der Waals surface area contributed by atoms with Crippen LogP contribution in [-0.2, 0) is 11.2 Å². The summed E-state index contributed by atoms with van der Waals surface area (Å²) in [4.78, 5) is 23.6. The number of nitrogens with one attached hydrogen (secondary N) is 2. The zero-order valence-electron chi connectivity index (χ0n) is 13.7. The van der Waals surface area contributed by atoms with Gasteiger partial charge in [0.1, 0.15) is 11.5 Å². The summed E-state index contributed by atoms with van der Waals surface area (Å²) in [5.74, 6) is 0.403. The molecule has 0 saturated heterocycles. The molecule has 2 N–H and O–H groups in total. The first-order valence-corrected chi connectivity index (χ1v) is 7.57. The Kier molecular flexibility index (Phi) is 6.19. The van der Waals surface area contributed by atoms with Crippen molar-refractivity contribution in [2.45, 2.75) is 13.3 Å². The van der Waals surface area contributed by atoms with Gasteiger partial charge in [0.05, 0.1) is 7.11 Å². The highest BCUT2D eigenvalue weighted by Crippen LogP contribution is 2.16. The van der Waals surface area contributed by atoms with Crippen LogP contribution in [0, 0.1) is 0 Å². The Morgan fingerprint density at radius 1 is 0.917 bits per heavy atom. The van der Waals surface area contributed by atoms with Crippen LogP contribution < -0.4 is 20.3 Å². The largest absolute Gasteiger partial charge is 0.497 e. The van der Waals surface area contributed by atoms with Crippen molar-refractivity contribution in [3.05, 3.63) is 59.7 Å². The minimum atomic E-state index is -0.454. The van der Waals surface area contributed by atoms with Crippen LogP contribution in [0.1, 0.15) is 22.8 Å². The molecule has 2 aromatic carbocycles. The van der Waals surface area contributed by atoms with Crippen molar-refractivity contribution in [2.24, 2.45) is 0 Å². The van der Waals surface area contributed by atoms with E-state index in [1.54, 1.807) is 43.5 Å². The van der Waals surface area contributed by atoms with Gasteiger partial charge in [-0.25, -0.2) is 0 Å². The lowest BCUT2D eigenvalue weighted by Crippen LogP contribution is -2.43. The van der Waals surface area contributed by atoms with Crippen LogP contribution in [0.4, 0.5) is 0 Å². The summed E-state index contributed by atoms with van der Waals surface area (Å²) < 4.78 is 10.4. The van der Waals surface area contributed by atoms with E-state index in [1.165, 1.54) is 0 Å². The number of hydrogen-bond donors (Lipinski definition) is 2. The summed E-state index contributed by atoms with van der Waals surface area (Å²) in [5.41, 5.74) is 6.28. The second-order valence-corrected chi connectivity index (χ2v) is 5.02. The fraction of sp³-hybridized carbons (Fsp3) is 0.222. The standard InChI is InChI=1S/C18H20N2O4/c1-3-13-4-6-14(7-5-13)18(22)20-19-17(21)12-24-16-10-8-15(23-2)9-11-16/h4-11H,3,12H2,1-2H3,(H,19,21)(H,20,22). The third-order valence-corrected chi connectivity index (χ3v) is 3.37. The normalized spacial score (nSPS) is 9.92. The van der Waals surface area contributed by atoms with E-state index in [0.717, 1.165) is 12.0 Å². The van der Waals surface area contributed by atoms with E-state index in [4.69, 9.17) is 9.47 Å². The number of hydrogen-bond acceptors (Lipinski definition) is 4. The highest BCUT2D eigenvalue weighted by molar-refractivity contribution is 5.95. The molecule has 0 saturated carbocycles. The van der Waals surface area contributed by atoms with Crippen molar-refractivity contribution in [2.75, 3.05) is 13.7 Å². The molecule has 0 bridgehead atoms. The maximum atomic E-state index is 11.9. The van der Waals surface area contributed by atoms with E-state index in [2.05, 4.69) is 10.9 Å². The first-order chi connectivity index (χ1) is 11.6. The van der Waals surface area contributed by atoms with Gasteiger partial charge in [-0.15, -0.1) is 0 Å². The number of methoxy groups -OCH3 is 1. The Hall–Kier alpha value is -3.02. The average Bonchev–Trinajstić information content (AvgIpc) is 2.64. The molecule has 0 aliphatic carbocycles. The fourth-order valence-corrected chi connectivity index (χ4v) is 1.95. The zero-order valence-corrected chi connectivity index (χ0v) is 13.7. The predicted molar refractivity (Wildman–Crippen MR) is 89.9 cm³/mol. The number of carbonyl (C=O) groups is 2. The van der Waals surface area contributed by atoms with Crippen LogP contribution in [0.15, 0.2) is 48.5 Å². The number of aryl methyl sites for hydroxylation is 1. The minimum Gasteiger partial charge on any atom is -0.497 e. The number of amides is 2. The Labute approximate surface area is 140 Å². The number of carbonyl (C=O) groups excluding carboxylic acids is 2. The summed E-state index contributed by atoms with van der Waals surface area (Å²) in [6.45, 7) is 1.83. The minimum absolute atomic E-state index is 0.207. The van der Waals surface area contributed by atoms with Gasteiger partial charge in [0, 0.05) is 5.56 Å². The Balaban J connectivity index is 1.76. The van der Waals surface area contributed by atoms with Crippen LogP contribution >= 0.6 is 0 Å². The SMILES string of the molecule is CCc1ccc(C(=O)NNC(=O)COc2ccc(OC)cc2)cc1. The number of benzene rings is 2. The highest BCUT2D eigenvalue weighted by Gasteiger charge is 2.08. The van der Waals surface area contributed by atoms with E-state index in [0.29, 0.717) is 17.1 Å². The van der Waals surface area contributed by atoms with Crippen molar-refractivity contribution in [1.29, 1.82) is 0 Å². The lowest BCUT2D eigenvalue weighted by atomic mass is 10.1. The van der Waals surface area contributed by atoms with Gasteiger partial charge >= 0.3 is 0 Å². The predicted octanol–water partition coefficient (Wildman–Crippen LogP) is 2.10. The number of rotatable bonds is 6. The molecule has 0 fully saturated rings. The van der Waals surface area contributed by atoms with Gasteiger partial charge in [-0.2, -0.15) is 0 Å². The van der Waals surface area contributed by atoms with Crippen molar-refractivity contribution in [1.82, 2.24) is 10.9 Å². The van der Waals surface area contributed by atoms with Crippen LogP contribution in [0.3, 0.4) is 0 Å². The molecule has 2 rings (SSSR count). The molecule has 0 spiro atoms. The fourth-order valence-electron chi connectivity index (χ4n) is 1.95. The second-order valence-electron chi connectivity index (χ2n) is 5.02. The van der Waals surface area contributed by atoms with Gasteiger partial charge in [-0.1, -0.05) is 19.1 Å². The molecule has 2 aromatic rings. The van der Waals surface area contributed by atoms with Crippen LogP contribution in [0.2, 0.25) is 0 Å². The van der Waals surface area contributed by atoms with Crippen LogP contribution in [0.25, 0.3) is 0 Å². The molecule has 0 aliphatic heterocycles. The lowest BCUT2D eigenvalue weighted by Gasteiger charge is -2.09. The molecule has 6 heteroatoms. The maximum Gasteiger partial charge on any atom is 0.276 e. The first kappa shape index (κ1) is 17.3. The molecule has 0 aliphatic rings. The van der Waals surface area contributed by atoms with Crippen molar-refractivity contribution in [3.8, 4) is 11.5 Å². The van der Waals surface area contributed by atoms with E-state index in [9.17, 15) is 9.59 Å². The maximum absolute atomic E-state index is 11.9. The van der Waals surface area contributed by atoms with Gasteiger partial charge in [0.25, 0.3) is 11.8 Å². The van der Waals surface area contributed by atoms with Crippen LogP contribution in [-0.4, -0.2) is 25.5 Å². The summed E-state index contributed by atoms with van der Waals surface area (Å²) in [6.07, 6.45) is 0.904. The van der Waals surface area contributed by atoms with E-state index in [1.807, 2.05) is 19.1 Å². The molecule has 2 amide bonds. The summed E-state index contributed by atoms with van der Waals surface area (Å²) in [6, 6.07) is 14.0. The summed E-state index contributed by atoms with van der Waals surface area (Å²) in [7, 11) is 1.57. The quantitative estimate of drug-likeness (QED) is 0.796. The van der Waals surface area contributed by atoms with Gasteiger partial charge in [0.2, 0.25) is 0 Å². The van der Waals surface area contributed by atoms with E-state index < -0.39 is 5.91 Å². The molecular formula is C18H20N2O4. The van der Waals surface area contributed by atoms with Crippen molar-refractivity contribution in [3.63, 3.8) is 0 Å². The Morgan fingerprint density at radius 2 is 1.54 bits per heavy atom. The van der Waals surface area contributed by atoms with Crippen molar-refractivity contribution >= 4 is 11.8 Å². The smallest absolute Gasteiger partial charge is 0.276 e. The zero-order chi connectivity index (χ0) is 17.4. The molecule has 0 unspecified atom stereocenters. The van der Waals surface area contributed by atoms with Crippen LogP contribution in [0.5, 0.6) is 11.5 Å². The van der Waals surface area contributed by atoms with E-state index in [-0.39, 0.29) is 12.5 Å². The second kappa shape index (κ2) is 8.57. The molecule has 6 nitrogen and oxygen atoms in total. The molecule has 0 aromatic heterocycles. The first-order valence-electron chi connectivity index (χ1n) is 7.57. The Bertz CT molecular complexity index is 681. The van der Waals surface area contributed by atoms with Gasteiger partial charge < -0.3 is 9.47 Å². The molecular weight excluding hydrogens is 308 g/mol. The molecule has 0 atom stereocenters. The van der Waals surface area contributed by atoms with E-state index >= 15 is 0 Å². The number of hydrazine groups is 1.